The van der Waals surface area contributed by atoms with Crippen LogP contribution in [0.2, 0.25) is 0 Å². The number of primary amides is 2. The Morgan fingerprint density at radius 3 is 1.66 bits per heavy atom. The van der Waals surface area contributed by atoms with Crippen molar-refractivity contribution in [3.05, 3.63) is 93.7 Å². The zero-order valence-electron chi connectivity index (χ0n) is 34.2. The van der Waals surface area contributed by atoms with E-state index in [9.17, 15) is 28.6 Å². The fourth-order valence-electron chi connectivity index (χ4n) is 6.49. The molecule has 4 amide bonds. The summed E-state index contributed by atoms with van der Waals surface area (Å²) in [7, 11) is -3.31. The number of carbonyl (C=O) groups is 4. The molecule has 322 valence electrons. The molecule has 0 spiro atoms. The number of amides is 4. The number of methoxy groups -OCH3 is 1. The quantitative estimate of drug-likeness (QED) is 0.0383. The Hall–Kier alpha value is -6.87. The predicted octanol–water partition coefficient (Wildman–Crippen LogP) is 3.08. The lowest BCUT2D eigenvalue weighted by molar-refractivity contribution is -0.126. The number of aryl methyl sites for hydroxylation is 4. The topological polar surface area (TPSA) is 296 Å². The molecule has 0 radical (unpaired) electrons. The highest BCUT2D eigenvalue weighted by atomic mass is 31.2. The first kappa shape index (κ1) is 43.7. The summed E-state index contributed by atoms with van der Waals surface area (Å²) in [5.74, 6) is -2.76. The predicted molar refractivity (Wildman–Crippen MR) is 218 cm³/mol. The summed E-state index contributed by atoms with van der Waals surface area (Å²) in [6.45, 7) is 9.63. The van der Waals surface area contributed by atoms with Crippen LogP contribution < -0.4 is 32.3 Å². The molecule has 0 aliphatic heterocycles. The molecule has 4 heterocycles. The van der Waals surface area contributed by atoms with E-state index in [1.165, 1.54) is 45.3 Å². The van der Waals surface area contributed by atoms with Crippen LogP contribution in [0.3, 0.4) is 0 Å². The van der Waals surface area contributed by atoms with Crippen LogP contribution >= 0.6 is 7.82 Å². The lowest BCUT2D eigenvalue weighted by atomic mass is 10.1. The molecular formula is C38H45N12O10P. The van der Waals surface area contributed by atoms with Crippen molar-refractivity contribution in [2.45, 2.75) is 67.2 Å². The number of H-pyrrole nitrogens is 2. The highest BCUT2D eigenvalue weighted by Gasteiger charge is 2.26. The number of ether oxygens (including phenoxy) is 1. The zero-order chi connectivity index (χ0) is 44.2. The minimum atomic E-state index is -4.74. The van der Waals surface area contributed by atoms with Gasteiger partial charge in [-0.25, -0.2) is 4.57 Å². The van der Waals surface area contributed by atoms with Crippen molar-refractivity contribution in [2.24, 2.45) is 21.5 Å². The summed E-state index contributed by atoms with van der Waals surface area (Å²) in [4.78, 5) is 82.4. The number of nitrogens with one attached hydrogen (secondary N) is 2. The first-order valence-corrected chi connectivity index (χ1v) is 20.5. The molecule has 4 aromatic heterocycles. The molecule has 0 bridgehead atoms. The van der Waals surface area contributed by atoms with Gasteiger partial charge in [0.15, 0.2) is 5.75 Å². The molecule has 0 aliphatic rings. The van der Waals surface area contributed by atoms with Gasteiger partial charge in [0.1, 0.15) is 28.2 Å². The second kappa shape index (κ2) is 18.2. The van der Waals surface area contributed by atoms with E-state index in [0.717, 1.165) is 0 Å². The van der Waals surface area contributed by atoms with E-state index >= 15 is 0 Å². The number of hydrogen-bond donors (Lipinski definition) is 5. The molecule has 6 aromatic rings. The number of imidazole rings is 2. The Bertz CT molecular complexity index is 2910. The second-order valence-corrected chi connectivity index (χ2v) is 14.9. The van der Waals surface area contributed by atoms with Gasteiger partial charge in [0, 0.05) is 37.3 Å². The molecule has 1 atom stereocenters. The van der Waals surface area contributed by atoms with Crippen molar-refractivity contribution in [3.63, 3.8) is 0 Å². The molecule has 0 saturated carbocycles. The van der Waals surface area contributed by atoms with Crippen LogP contribution in [0.15, 0.2) is 58.5 Å². The van der Waals surface area contributed by atoms with Crippen LogP contribution in [0.1, 0.15) is 80.3 Å². The lowest BCUT2D eigenvalue weighted by Gasteiger charge is -2.13. The maximum absolute atomic E-state index is 13.7. The molecule has 6 rings (SSSR count). The highest BCUT2D eigenvalue weighted by Crippen LogP contribution is 2.44. The van der Waals surface area contributed by atoms with E-state index in [-0.39, 0.29) is 76.0 Å². The maximum Gasteiger partial charge on any atom is 0.508 e. The third kappa shape index (κ3) is 9.47. The number of fused-ring (bicyclic) bond motifs is 2. The van der Waals surface area contributed by atoms with Crippen molar-refractivity contribution in [1.82, 2.24) is 38.7 Å². The van der Waals surface area contributed by atoms with Gasteiger partial charge in [-0.3, -0.25) is 33.1 Å². The Balaban J connectivity index is 1.48. The van der Waals surface area contributed by atoms with Gasteiger partial charge in [-0.15, -0.1) is 0 Å². The number of carbonyl (C=O) groups excluding carboxylic acids is 4. The molecule has 22 nitrogen and oxygen atoms in total. The fourth-order valence-corrected chi connectivity index (χ4v) is 7.12. The van der Waals surface area contributed by atoms with Crippen LogP contribution in [-0.2, 0) is 39.9 Å². The van der Waals surface area contributed by atoms with Crippen molar-refractivity contribution in [3.8, 4) is 11.5 Å². The van der Waals surface area contributed by atoms with Crippen molar-refractivity contribution >= 4 is 53.5 Å². The number of rotatable bonds is 17. The molecule has 1 unspecified atom stereocenters. The summed E-state index contributed by atoms with van der Waals surface area (Å²) in [5.41, 5.74) is 14.3. The minimum absolute atomic E-state index is 0.0171. The monoisotopic (exact) mass is 860 g/mol. The number of phosphoric ester groups is 1. The van der Waals surface area contributed by atoms with E-state index in [1.54, 1.807) is 49.6 Å². The summed E-state index contributed by atoms with van der Waals surface area (Å²) < 4.78 is 34.2. The van der Waals surface area contributed by atoms with Gasteiger partial charge in [0.05, 0.1) is 36.1 Å². The average Bonchev–Trinajstić information content (AvgIpc) is 3.99. The van der Waals surface area contributed by atoms with Crippen LogP contribution in [0.4, 0.5) is 0 Å². The summed E-state index contributed by atoms with van der Waals surface area (Å²) >= 11 is 0. The number of nitrogens with two attached hydrogens (primary N) is 2. The van der Waals surface area contributed by atoms with E-state index in [1.807, 2.05) is 13.8 Å². The molecule has 23 heteroatoms. The summed E-state index contributed by atoms with van der Waals surface area (Å²) in [6.07, 6.45) is 3.83. The van der Waals surface area contributed by atoms with Crippen LogP contribution in [0.5, 0.6) is 11.5 Å². The molecule has 61 heavy (non-hydrogen) atoms. The second-order valence-electron chi connectivity index (χ2n) is 13.5. The van der Waals surface area contributed by atoms with Crippen LogP contribution in [-0.4, -0.2) is 80.9 Å². The van der Waals surface area contributed by atoms with E-state index < -0.39 is 31.5 Å². The van der Waals surface area contributed by atoms with E-state index in [2.05, 4.69) is 30.2 Å². The molecular weight excluding hydrogens is 815 g/mol. The lowest BCUT2D eigenvalue weighted by Crippen LogP contribution is -2.22. The zero-order valence-corrected chi connectivity index (χ0v) is 35.1. The van der Waals surface area contributed by atoms with Crippen molar-refractivity contribution < 1.29 is 47.5 Å². The van der Waals surface area contributed by atoms with Gasteiger partial charge in [0.25, 0.3) is 11.8 Å². The minimum Gasteiger partial charge on any atom is -0.494 e. The number of nitrogens with zero attached hydrogens (tertiary/aromatic N) is 8. The molecule has 0 saturated heterocycles. The first-order chi connectivity index (χ1) is 29.1. The standard InChI is InChI=1S/C38H45N12O10P/c1-7-14-58-61(55,56)60-59-30-20-24(34(40)52)18-26-32(30)48(38(42-26)44-36(54)28-16-22(5)46-50(28)9-3)13-11-10-12-47-31-25(17-23(33(39)51)19-29(31)57-6)41-37(47)43-35(53)27-15-21(4)45-49(27)8-2/h10-11,15-20H,7-9,12-14H2,1-6H3,(H2,39,51)(H2,40,52)(H,55,56)(H,41,43,53)(H,42,44,54)/b11-10+. The van der Waals surface area contributed by atoms with E-state index in [4.69, 9.17) is 30.3 Å². The van der Waals surface area contributed by atoms with E-state index in [0.29, 0.717) is 41.9 Å². The number of aromatic amines is 2. The Labute approximate surface area is 346 Å². The van der Waals surface area contributed by atoms with Gasteiger partial charge in [0.2, 0.25) is 23.1 Å². The molecule has 2 aromatic carbocycles. The van der Waals surface area contributed by atoms with Crippen LogP contribution in [0.25, 0.3) is 22.1 Å². The Kier molecular flexibility index (Phi) is 13.0. The summed E-state index contributed by atoms with van der Waals surface area (Å²) in [6, 6.07) is 8.81. The number of aromatic nitrogens is 8. The third-order valence-corrected chi connectivity index (χ3v) is 9.93. The maximum atomic E-state index is 13.7. The Morgan fingerprint density at radius 2 is 1.23 bits per heavy atom. The van der Waals surface area contributed by atoms with Gasteiger partial charge in [-0.1, -0.05) is 23.8 Å². The fraction of sp³-hybridized carbons (Fsp3) is 0.316. The Morgan fingerprint density at radius 1 is 0.770 bits per heavy atom. The molecule has 7 N–H and O–H groups in total. The van der Waals surface area contributed by atoms with Gasteiger partial charge in [-0.05, 0) is 70.5 Å². The van der Waals surface area contributed by atoms with Gasteiger partial charge in [-0.2, -0.15) is 20.2 Å². The van der Waals surface area contributed by atoms with Crippen LogP contribution in [0, 0.1) is 13.8 Å². The number of hydrogen-bond acceptors (Lipinski definition) is 11. The normalized spacial score (nSPS) is 13.4. The molecule has 0 fully saturated rings. The highest BCUT2D eigenvalue weighted by molar-refractivity contribution is 7.47. The largest absolute Gasteiger partial charge is 0.508 e. The van der Waals surface area contributed by atoms with Crippen molar-refractivity contribution in [2.75, 3.05) is 13.7 Å². The SMILES string of the molecule is CCCOP(=O)(O)OOc1cc(C(N)=O)cc2[nH]/c(=N/C(=O)c3cc(C)nn3CC)n(C/C=C/Cn3/c(=N\C(=O)c4cc(C)nn4CC)[nH]c4cc(C(N)=O)cc(OC)c43)c12. The van der Waals surface area contributed by atoms with Gasteiger partial charge >= 0.3 is 7.82 Å². The number of benzene rings is 2. The number of phosphoric acid groups is 1. The molecule has 0 aliphatic carbocycles. The average molecular weight is 861 g/mol. The first-order valence-electron chi connectivity index (χ1n) is 19.0. The summed E-state index contributed by atoms with van der Waals surface area (Å²) in [5, 5.41) is 8.70. The smallest absolute Gasteiger partial charge is 0.494 e. The number of allylic oxidation sites excluding steroid dienone is 2. The third-order valence-electron chi connectivity index (χ3n) is 9.16. The van der Waals surface area contributed by atoms with Crippen molar-refractivity contribution in [1.29, 1.82) is 0 Å². The van der Waals surface area contributed by atoms with Gasteiger partial charge < -0.3 is 45.1 Å².